The van der Waals surface area contributed by atoms with E-state index >= 15 is 0 Å². The zero-order chi connectivity index (χ0) is 29.3. The van der Waals surface area contributed by atoms with Crippen LogP contribution in [0.3, 0.4) is 0 Å². The molecule has 5 rings (SSSR count). The molecule has 2 N–H and O–H groups in total. The summed E-state index contributed by atoms with van der Waals surface area (Å²) in [5, 5.41) is 21.2. The summed E-state index contributed by atoms with van der Waals surface area (Å²) in [6.07, 6.45) is -4.28. The maximum atomic E-state index is 14.8. The predicted octanol–water partition coefficient (Wildman–Crippen LogP) is 4.05. The number of aliphatic hydroxyl groups is 1. The smallest absolute Gasteiger partial charge is 0.395 e. The molecule has 4 aromatic rings. The largest absolute Gasteiger partial charge is 0.416 e. The summed E-state index contributed by atoms with van der Waals surface area (Å²) in [5.74, 6) is -1.18. The highest BCUT2D eigenvalue weighted by atomic mass is 19.4. The fourth-order valence-electron chi connectivity index (χ4n) is 5.47. The number of halogens is 4. The first-order valence-corrected chi connectivity index (χ1v) is 12.9. The van der Waals surface area contributed by atoms with Gasteiger partial charge in [0.2, 0.25) is 0 Å². The summed E-state index contributed by atoms with van der Waals surface area (Å²) in [6, 6.07) is 15.2. The number of anilines is 1. The number of nitrogens with one attached hydrogen (secondary N) is 1. The summed E-state index contributed by atoms with van der Waals surface area (Å²) in [5.41, 5.74) is -0.865. The number of nitriles is 1. The number of rotatable bonds is 7. The van der Waals surface area contributed by atoms with Gasteiger partial charge in [-0.3, -0.25) is 13.9 Å². The van der Waals surface area contributed by atoms with E-state index in [-0.39, 0.29) is 47.6 Å². The zero-order valence-corrected chi connectivity index (χ0v) is 21.7. The lowest BCUT2D eigenvalue weighted by Crippen LogP contribution is -2.31. The number of alkyl halides is 3. The number of amides is 1. The predicted molar refractivity (Wildman–Crippen MR) is 143 cm³/mol. The van der Waals surface area contributed by atoms with Gasteiger partial charge in [0.15, 0.2) is 0 Å². The molecule has 1 saturated heterocycles. The van der Waals surface area contributed by atoms with Crippen molar-refractivity contribution in [1.29, 1.82) is 5.26 Å². The molecule has 1 aliphatic heterocycles. The SMILES string of the molecule is N#Cc1cccc(F)c1N1CC[C@@H](n2c(=O)n(Cc3ccccc3C(F)(F)F)c3c(C(=O)NCCO)cccc32)C1. The second kappa shape index (κ2) is 11.1. The van der Waals surface area contributed by atoms with Crippen LogP contribution in [0.1, 0.15) is 39.5 Å². The number of para-hydroxylation sites is 2. The minimum atomic E-state index is -4.66. The van der Waals surface area contributed by atoms with E-state index in [4.69, 9.17) is 5.11 Å². The van der Waals surface area contributed by atoms with Crippen LogP contribution in [0, 0.1) is 17.1 Å². The van der Waals surface area contributed by atoms with E-state index in [9.17, 15) is 32.4 Å². The summed E-state index contributed by atoms with van der Waals surface area (Å²) in [7, 11) is 0. The van der Waals surface area contributed by atoms with Gasteiger partial charge in [0.05, 0.1) is 52.6 Å². The number of carbonyl (C=O) groups excluding carboxylic acids is 1. The molecule has 1 aromatic heterocycles. The fraction of sp³-hybridized carbons (Fsp3) is 0.276. The minimum absolute atomic E-state index is 0.0570. The molecule has 0 bridgehead atoms. The van der Waals surface area contributed by atoms with E-state index in [0.29, 0.717) is 18.5 Å². The first kappa shape index (κ1) is 27.9. The van der Waals surface area contributed by atoms with E-state index in [2.05, 4.69) is 5.32 Å². The van der Waals surface area contributed by atoms with Crippen LogP contribution in [0.2, 0.25) is 0 Å². The Morgan fingerprint density at radius 2 is 1.85 bits per heavy atom. The second-order valence-electron chi connectivity index (χ2n) is 9.68. The monoisotopic (exact) mass is 567 g/mol. The van der Waals surface area contributed by atoms with Gasteiger partial charge in [0.25, 0.3) is 5.91 Å². The van der Waals surface area contributed by atoms with E-state index in [1.165, 1.54) is 47.0 Å². The van der Waals surface area contributed by atoms with E-state index < -0.39 is 41.7 Å². The van der Waals surface area contributed by atoms with Crippen LogP contribution in [0.5, 0.6) is 0 Å². The average molecular weight is 568 g/mol. The molecule has 41 heavy (non-hydrogen) atoms. The maximum Gasteiger partial charge on any atom is 0.416 e. The lowest BCUT2D eigenvalue weighted by molar-refractivity contribution is -0.138. The van der Waals surface area contributed by atoms with Crippen molar-refractivity contribution >= 4 is 22.6 Å². The highest BCUT2D eigenvalue weighted by Gasteiger charge is 2.35. The van der Waals surface area contributed by atoms with Crippen molar-refractivity contribution in [2.45, 2.75) is 25.2 Å². The molecule has 2 heterocycles. The highest BCUT2D eigenvalue weighted by Crippen LogP contribution is 2.35. The average Bonchev–Trinajstić information content (AvgIpc) is 3.53. The Bertz CT molecular complexity index is 1720. The van der Waals surface area contributed by atoms with Gasteiger partial charge in [0, 0.05) is 19.6 Å². The van der Waals surface area contributed by atoms with Crippen LogP contribution in [-0.4, -0.2) is 46.4 Å². The van der Waals surface area contributed by atoms with Gasteiger partial charge in [0.1, 0.15) is 11.9 Å². The molecule has 1 atom stereocenters. The Labute approximate surface area is 231 Å². The van der Waals surface area contributed by atoms with Gasteiger partial charge in [-0.15, -0.1) is 0 Å². The summed E-state index contributed by atoms with van der Waals surface area (Å²) in [4.78, 5) is 28.7. The van der Waals surface area contributed by atoms with Crippen molar-refractivity contribution in [3.8, 4) is 6.07 Å². The lowest BCUT2D eigenvalue weighted by atomic mass is 10.1. The quantitative estimate of drug-likeness (QED) is 0.328. The van der Waals surface area contributed by atoms with Gasteiger partial charge in [-0.25, -0.2) is 9.18 Å². The molecule has 8 nitrogen and oxygen atoms in total. The third-order valence-corrected chi connectivity index (χ3v) is 7.23. The number of aliphatic hydroxyl groups excluding tert-OH is 1. The molecule has 0 radical (unpaired) electrons. The molecular weight excluding hydrogens is 542 g/mol. The molecule has 1 aliphatic rings. The molecule has 1 amide bonds. The molecule has 0 spiro atoms. The molecule has 12 heteroatoms. The maximum absolute atomic E-state index is 14.8. The van der Waals surface area contributed by atoms with E-state index in [1.807, 2.05) is 6.07 Å². The lowest BCUT2D eigenvalue weighted by Gasteiger charge is -2.21. The van der Waals surface area contributed by atoms with Crippen LogP contribution in [0.15, 0.2) is 65.5 Å². The summed E-state index contributed by atoms with van der Waals surface area (Å²) in [6.45, 7) is -0.349. The number of benzene rings is 3. The molecule has 1 fully saturated rings. The summed E-state index contributed by atoms with van der Waals surface area (Å²) >= 11 is 0. The van der Waals surface area contributed by atoms with Crippen LogP contribution in [0.4, 0.5) is 23.2 Å². The number of fused-ring (bicyclic) bond motifs is 1. The van der Waals surface area contributed by atoms with Crippen molar-refractivity contribution in [3.63, 3.8) is 0 Å². The third kappa shape index (κ3) is 5.16. The van der Waals surface area contributed by atoms with Crippen molar-refractivity contribution in [3.05, 3.63) is 99.2 Å². The first-order chi connectivity index (χ1) is 19.7. The van der Waals surface area contributed by atoms with Gasteiger partial charge in [-0.05, 0) is 42.3 Å². The van der Waals surface area contributed by atoms with Crippen molar-refractivity contribution in [1.82, 2.24) is 14.5 Å². The number of hydrogen-bond donors (Lipinski definition) is 2. The highest BCUT2D eigenvalue weighted by molar-refractivity contribution is 6.05. The normalized spacial score (nSPS) is 15.3. The van der Waals surface area contributed by atoms with Crippen LogP contribution < -0.4 is 15.9 Å². The zero-order valence-electron chi connectivity index (χ0n) is 21.7. The summed E-state index contributed by atoms with van der Waals surface area (Å²) < 4.78 is 58.8. The number of carbonyl (C=O) groups is 1. The Balaban J connectivity index is 1.65. The van der Waals surface area contributed by atoms with Crippen molar-refractivity contribution in [2.24, 2.45) is 0 Å². The molecular formula is C29H25F4N5O3. The molecule has 0 saturated carbocycles. The standard InChI is InChI=1S/C29H25F4N5O3/c30-23-9-3-6-18(15-34)25(23)36-13-11-20(17-36)38-24-10-4-7-21(27(40)35-12-14-39)26(24)37(28(38)41)16-19-5-1-2-8-22(19)29(31,32)33/h1-10,20,39H,11-14,16-17H2,(H,35,40)/t20-/m1/s1. The number of hydrogen-bond acceptors (Lipinski definition) is 5. The van der Waals surface area contributed by atoms with Crippen LogP contribution in [0.25, 0.3) is 11.0 Å². The Morgan fingerprint density at radius 3 is 2.59 bits per heavy atom. The Kier molecular flexibility index (Phi) is 7.55. The molecule has 0 unspecified atom stereocenters. The van der Waals surface area contributed by atoms with Gasteiger partial charge >= 0.3 is 11.9 Å². The van der Waals surface area contributed by atoms with E-state index in [0.717, 1.165) is 10.6 Å². The second-order valence-corrected chi connectivity index (χ2v) is 9.68. The Morgan fingerprint density at radius 1 is 1.10 bits per heavy atom. The number of imidazole rings is 1. The first-order valence-electron chi connectivity index (χ1n) is 12.9. The van der Waals surface area contributed by atoms with Crippen LogP contribution in [-0.2, 0) is 12.7 Å². The van der Waals surface area contributed by atoms with Crippen molar-refractivity contribution < 1.29 is 27.5 Å². The molecule has 3 aromatic carbocycles. The molecule has 0 aliphatic carbocycles. The van der Waals surface area contributed by atoms with E-state index in [1.54, 1.807) is 17.0 Å². The number of aromatic nitrogens is 2. The van der Waals surface area contributed by atoms with Gasteiger partial charge in [-0.1, -0.05) is 30.3 Å². The van der Waals surface area contributed by atoms with Crippen molar-refractivity contribution in [2.75, 3.05) is 31.1 Å². The number of nitrogens with zero attached hydrogens (tertiary/aromatic N) is 4. The van der Waals surface area contributed by atoms with Gasteiger partial charge < -0.3 is 15.3 Å². The molecule has 212 valence electrons. The third-order valence-electron chi connectivity index (χ3n) is 7.23. The van der Waals surface area contributed by atoms with Crippen LogP contribution >= 0.6 is 0 Å². The fourth-order valence-corrected chi connectivity index (χ4v) is 5.47. The topological polar surface area (TPSA) is 103 Å². The Hall–Kier alpha value is -4.63. The van der Waals surface area contributed by atoms with Gasteiger partial charge in [-0.2, -0.15) is 18.4 Å². The minimum Gasteiger partial charge on any atom is -0.395 e.